The zero-order chi connectivity index (χ0) is 19.1. The third kappa shape index (κ3) is 2.33. The van der Waals surface area contributed by atoms with Crippen LogP contribution in [-0.4, -0.2) is 34.5 Å². The average molecular weight is 387 g/mol. The topological polar surface area (TPSA) is 74.3 Å². The van der Waals surface area contributed by atoms with Crippen LogP contribution in [0.3, 0.4) is 0 Å². The zero-order valence-corrected chi connectivity index (χ0v) is 16.5. The predicted octanol–water partition coefficient (Wildman–Crippen LogP) is 3.38. The van der Waals surface area contributed by atoms with Crippen LogP contribution in [0.1, 0.15) is 68.9 Å². The van der Waals surface area contributed by atoms with E-state index in [-0.39, 0.29) is 11.0 Å². The van der Waals surface area contributed by atoms with Crippen LogP contribution in [0.25, 0.3) is 5.82 Å². The summed E-state index contributed by atoms with van der Waals surface area (Å²) in [6, 6.07) is 6.07. The monoisotopic (exact) mass is 387 g/mol. The lowest BCUT2D eigenvalue weighted by Crippen LogP contribution is -2.59. The van der Waals surface area contributed by atoms with E-state index in [1.54, 1.807) is 6.33 Å². The Morgan fingerprint density at radius 2 is 1.90 bits per heavy atom. The number of rotatable bonds is 4. The van der Waals surface area contributed by atoms with Gasteiger partial charge >= 0.3 is 0 Å². The molecule has 3 aromatic heterocycles. The molecule has 29 heavy (non-hydrogen) atoms. The largest absolute Gasteiger partial charge is 0.247 e. The van der Waals surface area contributed by atoms with E-state index in [9.17, 15) is 0 Å². The molecule has 5 aliphatic rings. The second-order valence-corrected chi connectivity index (χ2v) is 9.97. The van der Waals surface area contributed by atoms with Gasteiger partial charge in [-0.15, -0.1) is 5.10 Å². The molecule has 4 bridgehead atoms. The highest BCUT2D eigenvalue weighted by Crippen LogP contribution is 2.64. The highest BCUT2D eigenvalue weighted by molar-refractivity contribution is 5.30. The molecular weight excluding hydrogens is 362 g/mol. The van der Waals surface area contributed by atoms with Crippen LogP contribution in [0, 0.1) is 11.8 Å². The summed E-state index contributed by atoms with van der Waals surface area (Å²) in [6.07, 6.45) is 15.2. The van der Waals surface area contributed by atoms with Crippen molar-refractivity contribution < 1.29 is 0 Å². The number of hydrogen-bond donors (Lipinski definition) is 0. The summed E-state index contributed by atoms with van der Waals surface area (Å²) >= 11 is 0. The van der Waals surface area contributed by atoms with E-state index in [4.69, 9.17) is 10.1 Å². The highest BCUT2D eigenvalue weighted by Gasteiger charge is 2.61. The molecule has 0 N–H and O–H groups in total. The minimum atomic E-state index is 0.0632. The van der Waals surface area contributed by atoms with Crippen molar-refractivity contribution >= 4 is 0 Å². The van der Waals surface area contributed by atoms with E-state index < -0.39 is 0 Å². The van der Waals surface area contributed by atoms with E-state index in [1.165, 1.54) is 44.9 Å². The van der Waals surface area contributed by atoms with Gasteiger partial charge in [0, 0.05) is 17.5 Å². The van der Waals surface area contributed by atoms with E-state index >= 15 is 0 Å². The molecule has 0 amide bonds. The van der Waals surface area contributed by atoms with Gasteiger partial charge in [-0.05, 0) is 75.3 Å². The third-order valence-corrected chi connectivity index (χ3v) is 7.84. The summed E-state index contributed by atoms with van der Waals surface area (Å²) in [4.78, 5) is 14.1. The molecule has 0 saturated heterocycles. The quantitative estimate of drug-likeness (QED) is 0.686. The summed E-state index contributed by atoms with van der Waals surface area (Å²) in [5, 5.41) is 9.60. The fraction of sp³-hybridized carbons (Fsp3) is 0.591. The number of hydrogen-bond acceptors (Lipinski definition) is 5. The molecule has 0 aliphatic heterocycles. The average Bonchev–Trinajstić information content (AvgIpc) is 3.24. The summed E-state index contributed by atoms with van der Waals surface area (Å²) in [5.74, 6) is 5.08. The Bertz CT molecular complexity index is 1040. The fourth-order valence-corrected chi connectivity index (χ4v) is 7.02. The van der Waals surface area contributed by atoms with Gasteiger partial charge in [-0.3, -0.25) is 0 Å². The van der Waals surface area contributed by atoms with Gasteiger partial charge in [0.1, 0.15) is 18.5 Å². The van der Waals surface area contributed by atoms with Gasteiger partial charge in [0.2, 0.25) is 0 Å². The smallest absolute Gasteiger partial charge is 0.155 e. The second kappa shape index (κ2) is 5.52. The maximum Gasteiger partial charge on any atom is 0.155 e. The highest BCUT2D eigenvalue weighted by atomic mass is 15.4. The van der Waals surface area contributed by atoms with Gasteiger partial charge in [-0.1, -0.05) is 6.07 Å². The first-order valence-electron chi connectivity index (χ1n) is 11.0. The van der Waals surface area contributed by atoms with Gasteiger partial charge in [-0.25, -0.2) is 19.6 Å². The summed E-state index contributed by atoms with van der Waals surface area (Å²) in [7, 11) is 0. The third-order valence-electron chi connectivity index (χ3n) is 7.84. The van der Waals surface area contributed by atoms with Crippen molar-refractivity contribution in [2.45, 2.75) is 68.2 Å². The molecule has 0 spiro atoms. The normalized spacial score (nSPS) is 35.3. The summed E-state index contributed by atoms with van der Waals surface area (Å²) in [6.45, 7) is 0. The Morgan fingerprint density at radius 1 is 1.03 bits per heavy atom. The van der Waals surface area contributed by atoms with Crippen molar-refractivity contribution in [1.29, 1.82) is 0 Å². The van der Waals surface area contributed by atoms with Gasteiger partial charge < -0.3 is 0 Å². The van der Waals surface area contributed by atoms with Crippen molar-refractivity contribution in [3.8, 4) is 5.82 Å². The Kier molecular flexibility index (Phi) is 3.09. The Hall–Kier alpha value is -2.57. The van der Waals surface area contributed by atoms with Crippen molar-refractivity contribution in [1.82, 2.24) is 34.5 Å². The molecule has 7 heteroatoms. The minimum absolute atomic E-state index is 0.0632. The first-order valence-corrected chi connectivity index (χ1v) is 11.0. The molecule has 148 valence electrons. The number of aromatic nitrogens is 7. The van der Waals surface area contributed by atoms with E-state index in [0.717, 1.165) is 35.7 Å². The Labute approximate surface area is 169 Å². The van der Waals surface area contributed by atoms with Crippen molar-refractivity contribution in [3.63, 3.8) is 0 Å². The van der Waals surface area contributed by atoms with Crippen molar-refractivity contribution in [2.24, 2.45) is 11.8 Å². The van der Waals surface area contributed by atoms with Gasteiger partial charge in [-0.2, -0.15) is 9.78 Å². The lowest BCUT2D eigenvalue weighted by atomic mass is 9.46. The maximum absolute atomic E-state index is 5.22. The van der Waals surface area contributed by atoms with E-state index in [0.29, 0.717) is 5.92 Å². The van der Waals surface area contributed by atoms with Crippen LogP contribution in [0.5, 0.6) is 0 Å². The van der Waals surface area contributed by atoms with Crippen molar-refractivity contribution in [2.75, 3.05) is 0 Å². The SMILES string of the molecule is c1ccc(-n2nc(C3CC3)nc2C23C[C@H]4C[C@@H](C2)CC(n2cncn2)(C4)C3)nc1. The van der Waals surface area contributed by atoms with Gasteiger partial charge in [0.25, 0.3) is 0 Å². The Morgan fingerprint density at radius 3 is 2.59 bits per heavy atom. The van der Waals surface area contributed by atoms with Crippen molar-refractivity contribution in [3.05, 3.63) is 48.7 Å². The molecular formula is C22H25N7. The molecule has 3 heterocycles. The maximum atomic E-state index is 5.22. The van der Waals surface area contributed by atoms with E-state index in [1.807, 2.05) is 24.7 Å². The molecule has 3 aromatic rings. The zero-order valence-electron chi connectivity index (χ0n) is 16.5. The van der Waals surface area contributed by atoms with Gasteiger partial charge in [0.05, 0.1) is 5.54 Å². The molecule has 0 radical (unpaired) electrons. The number of nitrogens with zero attached hydrogens (tertiary/aromatic N) is 7. The molecule has 2 unspecified atom stereocenters. The first kappa shape index (κ1) is 16.3. The van der Waals surface area contributed by atoms with Crippen LogP contribution >= 0.6 is 0 Å². The Balaban J connectivity index is 1.39. The lowest BCUT2D eigenvalue weighted by molar-refractivity contribution is -0.0723. The summed E-state index contributed by atoms with van der Waals surface area (Å²) < 4.78 is 4.25. The van der Waals surface area contributed by atoms with Crippen LogP contribution in [0.4, 0.5) is 0 Å². The van der Waals surface area contributed by atoms with Crippen LogP contribution < -0.4 is 0 Å². The molecule has 7 nitrogen and oxygen atoms in total. The van der Waals surface area contributed by atoms with Crippen LogP contribution in [-0.2, 0) is 11.0 Å². The lowest BCUT2D eigenvalue weighted by Gasteiger charge is -2.61. The van der Waals surface area contributed by atoms with Crippen LogP contribution in [0.2, 0.25) is 0 Å². The second-order valence-electron chi connectivity index (χ2n) is 9.97. The molecule has 5 saturated carbocycles. The molecule has 4 atom stereocenters. The van der Waals surface area contributed by atoms with E-state index in [2.05, 4.69) is 30.5 Å². The number of pyridine rings is 1. The first-order chi connectivity index (χ1) is 14.2. The molecule has 5 aliphatic carbocycles. The minimum Gasteiger partial charge on any atom is -0.247 e. The predicted molar refractivity (Wildman–Crippen MR) is 105 cm³/mol. The summed E-state index contributed by atoms with van der Waals surface area (Å²) in [5.41, 5.74) is 0.148. The fourth-order valence-electron chi connectivity index (χ4n) is 7.02. The standard InChI is InChI=1S/C22H25N7/c1-2-6-24-18(3-1)29-20(26-19(27-29)17-4-5-17)21-8-15-7-16(9-21)11-22(10-15,12-21)28-14-23-13-25-28/h1-3,6,13-17H,4-5,7-12H2/t15-,16+,21?,22?. The molecule has 5 fully saturated rings. The van der Waals surface area contributed by atoms with Crippen LogP contribution in [0.15, 0.2) is 37.1 Å². The molecule has 0 aromatic carbocycles. The van der Waals surface area contributed by atoms with Gasteiger partial charge in [0.15, 0.2) is 11.6 Å². The molecule has 8 rings (SSSR count).